The Morgan fingerprint density at radius 1 is 1.48 bits per heavy atom. The van der Waals surface area contributed by atoms with Gasteiger partial charge in [0.2, 0.25) is 5.91 Å². The summed E-state index contributed by atoms with van der Waals surface area (Å²) in [6.07, 6.45) is 1.43. The Bertz CT molecular complexity index is 1010. The lowest BCUT2D eigenvalue weighted by Crippen LogP contribution is -2.13. The summed E-state index contributed by atoms with van der Waals surface area (Å²) < 4.78 is 13.2. The maximum Gasteiger partial charge on any atom is 0.345 e. The fraction of sp³-hybridized carbons (Fsp3) is 0.214. The van der Waals surface area contributed by atoms with Crippen molar-refractivity contribution in [1.82, 2.24) is 24.8 Å². The van der Waals surface area contributed by atoms with Crippen molar-refractivity contribution in [2.24, 2.45) is 0 Å². The monoisotopic (exact) mass is 376 g/mol. The summed E-state index contributed by atoms with van der Waals surface area (Å²) in [5.41, 5.74) is 0.817. The van der Waals surface area contributed by atoms with E-state index in [0.717, 1.165) is 16.0 Å². The van der Waals surface area contributed by atoms with E-state index in [4.69, 9.17) is 9.15 Å². The third-order valence-corrected chi connectivity index (χ3v) is 4.86. The van der Waals surface area contributed by atoms with Crippen molar-refractivity contribution in [2.75, 3.05) is 17.7 Å². The molecule has 4 rings (SSSR count). The Hall–Kier alpha value is -2.66. The fourth-order valence-electron chi connectivity index (χ4n) is 2.10. The van der Waals surface area contributed by atoms with Gasteiger partial charge < -0.3 is 14.5 Å². The summed E-state index contributed by atoms with van der Waals surface area (Å²) >= 11 is 2.57. The number of nitrogens with zero attached hydrogens (tertiary/aromatic N) is 5. The molecular weight excluding hydrogens is 364 g/mol. The number of thioether (sulfide) groups is 1. The summed E-state index contributed by atoms with van der Waals surface area (Å²) in [6, 6.07) is 5.65. The molecule has 11 heteroatoms. The molecule has 0 bridgehead atoms. The predicted molar refractivity (Wildman–Crippen MR) is 93.2 cm³/mol. The van der Waals surface area contributed by atoms with Crippen molar-refractivity contribution in [3.8, 4) is 5.75 Å². The molecule has 128 valence electrons. The number of thiazole rings is 1. The second-order valence-electron chi connectivity index (χ2n) is 4.84. The predicted octanol–water partition coefficient (Wildman–Crippen LogP) is 2.46. The highest BCUT2D eigenvalue weighted by molar-refractivity contribution is 7.99. The Labute approximate surface area is 149 Å². The molecule has 0 aliphatic rings. The first-order valence-electron chi connectivity index (χ1n) is 7.34. The average molecular weight is 376 g/mol. The van der Waals surface area contributed by atoms with Gasteiger partial charge in [-0.3, -0.25) is 4.79 Å². The third-order valence-electron chi connectivity index (χ3n) is 3.11. The van der Waals surface area contributed by atoms with Crippen molar-refractivity contribution < 1.29 is 13.9 Å². The number of anilines is 1. The Morgan fingerprint density at radius 3 is 3.24 bits per heavy atom. The van der Waals surface area contributed by atoms with Crippen LogP contribution >= 0.6 is 23.1 Å². The van der Waals surface area contributed by atoms with Crippen molar-refractivity contribution in [2.45, 2.75) is 12.1 Å². The van der Waals surface area contributed by atoms with E-state index in [0.29, 0.717) is 22.8 Å². The molecule has 0 unspecified atom stereocenters. The zero-order valence-corrected chi connectivity index (χ0v) is 14.6. The first-order chi connectivity index (χ1) is 12.2. The molecule has 3 aromatic heterocycles. The van der Waals surface area contributed by atoms with Gasteiger partial charge in [-0.15, -0.1) is 10.2 Å². The quantitative estimate of drug-likeness (QED) is 0.511. The molecule has 9 nitrogen and oxygen atoms in total. The number of carbonyl (C=O) groups is 1. The molecule has 25 heavy (non-hydrogen) atoms. The van der Waals surface area contributed by atoms with E-state index >= 15 is 0 Å². The van der Waals surface area contributed by atoms with Gasteiger partial charge in [-0.05, 0) is 25.1 Å². The fourth-order valence-corrected chi connectivity index (χ4v) is 3.61. The Balaban J connectivity index is 1.39. The smallest absolute Gasteiger partial charge is 0.345 e. The van der Waals surface area contributed by atoms with Crippen LogP contribution in [-0.2, 0) is 4.79 Å². The van der Waals surface area contributed by atoms with Crippen molar-refractivity contribution in [3.63, 3.8) is 0 Å². The topological polar surface area (TPSA) is 107 Å². The minimum absolute atomic E-state index is 0.150. The molecular formula is C14H12N6O3S2. The lowest BCUT2D eigenvalue weighted by molar-refractivity contribution is -0.113. The van der Waals surface area contributed by atoms with Crippen LogP contribution in [0, 0.1) is 0 Å². The van der Waals surface area contributed by atoms with Gasteiger partial charge in [-0.2, -0.15) is 4.52 Å². The highest BCUT2D eigenvalue weighted by Gasteiger charge is 2.12. The molecule has 0 aliphatic heterocycles. The third kappa shape index (κ3) is 3.42. The summed E-state index contributed by atoms with van der Waals surface area (Å²) in [5.74, 6) is 1.04. The summed E-state index contributed by atoms with van der Waals surface area (Å²) in [5, 5.41) is 15.1. The molecule has 1 N–H and O–H groups in total. The van der Waals surface area contributed by atoms with Gasteiger partial charge in [0, 0.05) is 0 Å². The second kappa shape index (κ2) is 6.69. The largest absolute Gasteiger partial charge is 0.494 e. The maximum atomic E-state index is 12.1. The van der Waals surface area contributed by atoms with E-state index in [1.54, 1.807) is 0 Å². The number of fused-ring (bicyclic) bond motifs is 2. The lowest BCUT2D eigenvalue weighted by atomic mass is 10.3. The van der Waals surface area contributed by atoms with Crippen molar-refractivity contribution >= 4 is 50.2 Å². The molecule has 1 aromatic carbocycles. The number of benzene rings is 1. The SMILES string of the molecule is CCOc1ccc2nc(NC(=O)CSc3nn4cnnc4o3)sc2c1. The first-order valence-corrected chi connectivity index (χ1v) is 9.14. The van der Waals surface area contributed by atoms with E-state index in [1.165, 1.54) is 33.9 Å². The molecule has 0 saturated carbocycles. The molecule has 1 amide bonds. The number of hydrogen-bond donors (Lipinski definition) is 1. The highest BCUT2D eigenvalue weighted by atomic mass is 32.2. The number of amides is 1. The van der Waals surface area contributed by atoms with Crippen LogP contribution < -0.4 is 10.1 Å². The molecule has 0 radical (unpaired) electrons. The molecule has 4 aromatic rings. The van der Waals surface area contributed by atoms with Gasteiger partial charge in [0.25, 0.3) is 5.22 Å². The number of aromatic nitrogens is 5. The van der Waals surface area contributed by atoms with E-state index in [-0.39, 0.29) is 11.7 Å². The molecule has 0 atom stereocenters. The highest BCUT2D eigenvalue weighted by Crippen LogP contribution is 2.29. The van der Waals surface area contributed by atoms with Crippen molar-refractivity contribution in [3.05, 3.63) is 24.5 Å². The van der Waals surface area contributed by atoms with E-state index < -0.39 is 0 Å². The molecule has 0 saturated heterocycles. The molecule has 0 aliphatic carbocycles. The zero-order valence-electron chi connectivity index (χ0n) is 13.0. The standard InChI is InChI=1S/C14H12N6O3S2/c1-2-22-8-3-4-9-10(5-8)25-12(16-9)17-11(21)6-24-14-19-20-7-15-18-13(20)23-14/h3-5,7H,2,6H2,1H3,(H,16,17,21). The van der Waals surface area contributed by atoms with Gasteiger partial charge in [0.05, 0.1) is 22.6 Å². The van der Waals surface area contributed by atoms with E-state index in [1.807, 2.05) is 25.1 Å². The van der Waals surface area contributed by atoms with Crippen LogP contribution in [0.5, 0.6) is 5.75 Å². The van der Waals surface area contributed by atoms with Crippen molar-refractivity contribution in [1.29, 1.82) is 0 Å². The minimum Gasteiger partial charge on any atom is -0.494 e. The first kappa shape index (κ1) is 15.8. The van der Waals surface area contributed by atoms with Gasteiger partial charge in [0.1, 0.15) is 12.1 Å². The van der Waals surface area contributed by atoms with Crippen LogP contribution in [0.1, 0.15) is 6.92 Å². The van der Waals surface area contributed by atoms with Crippen LogP contribution in [0.4, 0.5) is 5.13 Å². The van der Waals surface area contributed by atoms with E-state index in [9.17, 15) is 4.79 Å². The van der Waals surface area contributed by atoms with E-state index in [2.05, 4.69) is 25.6 Å². The number of carbonyl (C=O) groups excluding carboxylic acids is 1. The lowest BCUT2D eigenvalue weighted by Gasteiger charge is -2.00. The average Bonchev–Trinajstić information content (AvgIpc) is 3.26. The van der Waals surface area contributed by atoms with Gasteiger partial charge in [0.15, 0.2) is 5.13 Å². The Kier molecular flexibility index (Phi) is 4.24. The van der Waals surface area contributed by atoms with Gasteiger partial charge in [-0.1, -0.05) is 28.2 Å². The Morgan fingerprint density at radius 2 is 2.40 bits per heavy atom. The van der Waals surface area contributed by atoms with Crippen LogP contribution in [0.2, 0.25) is 0 Å². The molecule has 0 fully saturated rings. The molecule has 3 heterocycles. The van der Waals surface area contributed by atoms with Crippen LogP contribution in [0.25, 0.3) is 16.1 Å². The van der Waals surface area contributed by atoms with Gasteiger partial charge >= 0.3 is 5.84 Å². The zero-order chi connectivity index (χ0) is 17.2. The van der Waals surface area contributed by atoms with Gasteiger partial charge in [-0.25, -0.2) is 4.98 Å². The summed E-state index contributed by atoms with van der Waals surface area (Å²) in [7, 11) is 0. The molecule has 0 spiro atoms. The van der Waals surface area contributed by atoms with Crippen LogP contribution in [-0.4, -0.2) is 43.1 Å². The number of ether oxygens (including phenoxy) is 1. The summed E-state index contributed by atoms with van der Waals surface area (Å²) in [4.78, 5) is 16.5. The summed E-state index contributed by atoms with van der Waals surface area (Å²) in [6.45, 7) is 2.54. The minimum atomic E-state index is -0.192. The number of rotatable bonds is 6. The number of hydrogen-bond acceptors (Lipinski definition) is 9. The second-order valence-corrected chi connectivity index (χ2v) is 6.80. The number of nitrogens with one attached hydrogen (secondary N) is 1. The maximum absolute atomic E-state index is 12.1. The normalized spacial score (nSPS) is 11.2. The van der Waals surface area contributed by atoms with Crippen LogP contribution in [0.15, 0.2) is 34.2 Å². The van der Waals surface area contributed by atoms with Crippen LogP contribution in [0.3, 0.4) is 0 Å².